The predicted molar refractivity (Wildman–Crippen MR) is 299 cm³/mol. The monoisotopic (exact) mass is 910 g/mol. The van der Waals surface area contributed by atoms with Gasteiger partial charge < -0.3 is 9.47 Å². The Kier molecular flexibility index (Phi) is 9.47. The molecule has 70 heavy (non-hydrogen) atoms. The van der Waals surface area contributed by atoms with Crippen molar-refractivity contribution < 1.29 is 0 Å². The fraction of sp³-hybridized carbons (Fsp3) is 0.0448. The third kappa shape index (κ3) is 6.39. The number of nitrogens with zero attached hydrogens (tertiary/aromatic N) is 2. The van der Waals surface area contributed by atoms with E-state index in [-0.39, 0.29) is 0 Å². The van der Waals surface area contributed by atoms with Crippen LogP contribution in [0.2, 0.25) is 0 Å². The largest absolute Gasteiger partial charge is 0.308 e. The number of para-hydroxylation sites is 3. The van der Waals surface area contributed by atoms with E-state index in [1.165, 1.54) is 114 Å². The van der Waals surface area contributed by atoms with Gasteiger partial charge in [-0.2, -0.15) is 0 Å². The minimum absolute atomic E-state index is 0.830. The Hall–Kier alpha value is -8.50. The summed E-state index contributed by atoms with van der Waals surface area (Å²) < 4.78 is 5.14. The van der Waals surface area contributed by atoms with Crippen LogP contribution >= 0.6 is 11.3 Å². The van der Waals surface area contributed by atoms with Gasteiger partial charge in [-0.3, -0.25) is 0 Å². The summed E-state index contributed by atoms with van der Waals surface area (Å²) in [5.41, 5.74) is 21.4. The molecule has 11 aromatic carbocycles. The first-order valence-electron chi connectivity index (χ1n) is 24.3. The Balaban J connectivity index is 1.01. The molecule has 2 aromatic heterocycles. The topological polar surface area (TPSA) is 8.17 Å². The molecule has 14 rings (SSSR count). The number of thiophene rings is 1. The fourth-order valence-electron chi connectivity index (χ4n) is 11.8. The molecular weight excluding hydrogens is 865 g/mol. The summed E-state index contributed by atoms with van der Waals surface area (Å²) in [5.74, 6) is 0. The summed E-state index contributed by atoms with van der Waals surface area (Å²) in [6, 6.07) is 88.3. The lowest BCUT2D eigenvalue weighted by atomic mass is 9.80. The molecule has 0 unspecified atom stereocenters. The number of fused-ring (bicyclic) bond motifs is 13. The quantitative estimate of drug-likeness (QED) is 0.167. The van der Waals surface area contributed by atoms with Crippen molar-refractivity contribution in [3.63, 3.8) is 0 Å². The second-order valence-corrected chi connectivity index (χ2v) is 19.9. The number of aromatic nitrogens is 1. The smallest absolute Gasteiger partial charge is 0.0782 e. The van der Waals surface area contributed by atoms with Gasteiger partial charge in [-0.05, 0) is 141 Å². The fourth-order valence-corrected chi connectivity index (χ4v) is 12.9. The Morgan fingerprint density at radius 3 is 1.79 bits per heavy atom. The van der Waals surface area contributed by atoms with Crippen molar-refractivity contribution in [1.82, 2.24) is 4.57 Å². The highest BCUT2D eigenvalue weighted by Crippen LogP contribution is 2.48. The van der Waals surface area contributed by atoms with E-state index >= 15 is 0 Å². The molecule has 2 nitrogen and oxygen atoms in total. The van der Waals surface area contributed by atoms with Gasteiger partial charge >= 0.3 is 0 Å². The third-order valence-corrected chi connectivity index (χ3v) is 16.0. The van der Waals surface area contributed by atoms with Gasteiger partial charge in [-0.1, -0.05) is 182 Å². The molecule has 0 saturated heterocycles. The Morgan fingerprint density at radius 2 is 0.957 bits per heavy atom. The molecule has 0 aliphatic heterocycles. The van der Waals surface area contributed by atoms with Gasteiger partial charge in [0.25, 0.3) is 0 Å². The molecule has 13 aromatic rings. The maximum atomic E-state index is 2.54. The van der Waals surface area contributed by atoms with E-state index in [0.29, 0.717) is 0 Å². The van der Waals surface area contributed by atoms with Crippen LogP contribution in [0.15, 0.2) is 237 Å². The molecule has 0 atom stereocenters. The van der Waals surface area contributed by atoms with Crippen molar-refractivity contribution in [2.24, 2.45) is 0 Å². The van der Waals surface area contributed by atoms with Crippen LogP contribution in [-0.4, -0.2) is 4.57 Å². The molecule has 1 aliphatic carbocycles. The van der Waals surface area contributed by atoms with Gasteiger partial charge in [0.2, 0.25) is 0 Å². The number of benzene rings is 11. The molecule has 3 heteroatoms. The summed E-state index contributed by atoms with van der Waals surface area (Å²) in [5, 5.41) is 7.44. The lowest BCUT2D eigenvalue weighted by molar-refractivity contribution is 1.14. The highest BCUT2D eigenvalue weighted by Gasteiger charge is 2.26. The third-order valence-electron chi connectivity index (χ3n) is 14.8. The first-order chi connectivity index (χ1) is 34.7. The first-order valence-corrected chi connectivity index (χ1v) is 25.2. The first kappa shape index (κ1) is 40.6. The standard InChI is InChI=1S/C67H46N2S/c1-43-18-15-21-46-41-47-22-16-31-57(66(47)51-26-8-6-20-45(51)40-44-19-5-7-25-50(44)65(43)46)53-37-38-61(54-28-10-9-27-52(53)54)69-60-33-13-11-29-55(60)58-32-17-34-62(67(58)69)68(48-23-3-2-4-24-48)49-36-39-64-59(42-49)56-30-12-14-35-63(56)70-64/h2-39,42H,40-41H2,1H3. The molecule has 0 amide bonds. The molecule has 330 valence electrons. The van der Waals surface area contributed by atoms with Crippen molar-refractivity contribution in [3.05, 3.63) is 264 Å². The number of hydrogen-bond donors (Lipinski definition) is 0. The van der Waals surface area contributed by atoms with Crippen LogP contribution in [0.1, 0.15) is 27.8 Å². The molecule has 0 spiro atoms. The molecule has 0 radical (unpaired) electrons. The minimum Gasteiger partial charge on any atom is -0.308 e. The molecule has 0 fully saturated rings. The highest BCUT2D eigenvalue weighted by atomic mass is 32.1. The Labute approximate surface area is 411 Å². The van der Waals surface area contributed by atoms with E-state index in [4.69, 9.17) is 0 Å². The summed E-state index contributed by atoms with van der Waals surface area (Å²) in [6.07, 6.45) is 1.68. The highest BCUT2D eigenvalue weighted by molar-refractivity contribution is 7.25. The number of aryl methyl sites for hydroxylation is 1. The molecule has 0 N–H and O–H groups in total. The summed E-state index contributed by atoms with van der Waals surface area (Å²) in [7, 11) is 0. The summed E-state index contributed by atoms with van der Waals surface area (Å²) in [6.45, 7) is 2.27. The Bertz CT molecular complexity index is 4210. The van der Waals surface area contributed by atoms with Crippen LogP contribution in [0.4, 0.5) is 17.1 Å². The molecule has 1 aliphatic rings. The van der Waals surface area contributed by atoms with Crippen molar-refractivity contribution in [3.8, 4) is 39.1 Å². The van der Waals surface area contributed by atoms with Crippen LogP contribution in [0.3, 0.4) is 0 Å². The lowest BCUT2D eigenvalue weighted by Gasteiger charge is -2.27. The summed E-state index contributed by atoms with van der Waals surface area (Å²) in [4.78, 5) is 2.46. The van der Waals surface area contributed by atoms with Crippen LogP contribution < -0.4 is 4.90 Å². The van der Waals surface area contributed by atoms with E-state index < -0.39 is 0 Å². The van der Waals surface area contributed by atoms with Gasteiger partial charge in [-0.15, -0.1) is 11.3 Å². The van der Waals surface area contributed by atoms with Crippen molar-refractivity contribution in [2.45, 2.75) is 19.8 Å². The van der Waals surface area contributed by atoms with Crippen LogP contribution in [0.5, 0.6) is 0 Å². The zero-order chi connectivity index (χ0) is 46.3. The average Bonchev–Trinajstić information content (AvgIpc) is 3.95. The van der Waals surface area contributed by atoms with E-state index in [1.54, 1.807) is 0 Å². The van der Waals surface area contributed by atoms with Crippen LogP contribution in [0, 0.1) is 6.92 Å². The molecule has 0 saturated carbocycles. The number of rotatable bonds is 5. The van der Waals surface area contributed by atoms with Crippen molar-refractivity contribution in [1.29, 1.82) is 0 Å². The minimum atomic E-state index is 0.830. The second kappa shape index (κ2) is 16.3. The maximum Gasteiger partial charge on any atom is 0.0782 e. The lowest BCUT2D eigenvalue weighted by Crippen LogP contribution is -2.11. The van der Waals surface area contributed by atoms with E-state index in [2.05, 4.69) is 253 Å². The van der Waals surface area contributed by atoms with Gasteiger partial charge in [-0.25, -0.2) is 0 Å². The average molecular weight is 911 g/mol. The zero-order valence-electron chi connectivity index (χ0n) is 38.7. The van der Waals surface area contributed by atoms with Crippen molar-refractivity contribution in [2.75, 3.05) is 4.90 Å². The maximum absolute atomic E-state index is 2.54. The zero-order valence-corrected chi connectivity index (χ0v) is 39.6. The van der Waals surface area contributed by atoms with Crippen LogP contribution in [0.25, 0.3) is 91.8 Å². The molecular formula is C67H46N2S. The second-order valence-electron chi connectivity index (χ2n) is 18.8. The van der Waals surface area contributed by atoms with Gasteiger partial charge in [0.15, 0.2) is 0 Å². The van der Waals surface area contributed by atoms with E-state index in [1.807, 2.05) is 11.3 Å². The SMILES string of the molecule is Cc1cccc2c1-c1ccccc1Cc1ccccc1-c1c(cccc1-c1ccc(-n3c4ccccc4c4cccc(N(c5ccccc5)c5ccc6sc7ccccc7c6c5)c43)c3ccccc13)C2. The molecule has 0 bridgehead atoms. The number of hydrogen-bond acceptors (Lipinski definition) is 2. The van der Waals surface area contributed by atoms with Crippen LogP contribution in [-0.2, 0) is 12.8 Å². The van der Waals surface area contributed by atoms with E-state index in [9.17, 15) is 0 Å². The van der Waals surface area contributed by atoms with E-state index in [0.717, 1.165) is 35.6 Å². The van der Waals surface area contributed by atoms with Gasteiger partial charge in [0.1, 0.15) is 0 Å². The summed E-state index contributed by atoms with van der Waals surface area (Å²) >= 11 is 1.86. The normalized spacial score (nSPS) is 12.2. The molecule has 2 heterocycles. The number of anilines is 3. The van der Waals surface area contributed by atoms with Gasteiger partial charge in [0, 0.05) is 47.7 Å². The predicted octanol–water partition coefficient (Wildman–Crippen LogP) is 18.6. The van der Waals surface area contributed by atoms with Crippen molar-refractivity contribution >= 4 is 81.1 Å². The van der Waals surface area contributed by atoms with Gasteiger partial charge in [0.05, 0.1) is 22.4 Å². The Morgan fingerprint density at radius 1 is 0.371 bits per heavy atom.